The van der Waals surface area contributed by atoms with Crippen LogP contribution < -0.4 is 11.1 Å². The van der Waals surface area contributed by atoms with E-state index in [-0.39, 0.29) is 18.0 Å². The summed E-state index contributed by atoms with van der Waals surface area (Å²) in [5.41, 5.74) is 7.41. The molecular weight excluding hydrogens is 347 g/mol. The molecule has 0 bridgehead atoms. The minimum Gasteiger partial charge on any atom is -0.463 e. The smallest absolute Gasteiger partial charge is 0.282 e. The number of halogens is 1. The molecule has 6 nitrogen and oxygen atoms in total. The van der Waals surface area contributed by atoms with Gasteiger partial charge in [0.05, 0.1) is 23.3 Å². The topological polar surface area (TPSA) is 89.6 Å². The number of hydrogen-bond acceptors (Lipinski definition) is 5. The highest BCUT2D eigenvalue weighted by molar-refractivity contribution is 6.01. The molecule has 1 aromatic heterocycles. The van der Waals surface area contributed by atoms with Gasteiger partial charge in [0.25, 0.3) is 6.02 Å². The van der Waals surface area contributed by atoms with Crippen LogP contribution >= 0.6 is 0 Å². The number of ether oxygens (including phenoxy) is 1. The summed E-state index contributed by atoms with van der Waals surface area (Å²) in [5, 5.41) is 2.96. The number of amidine groups is 1. The molecule has 1 atom stereocenters. The van der Waals surface area contributed by atoms with Gasteiger partial charge in [-0.1, -0.05) is 12.1 Å². The number of benzene rings is 1. The van der Waals surface area contributed by atoms with Crippen LogP contribution in [0.4, 0.5) is 10.1 Å². The quantitative estimate of drug-likeness (QED) is 0.820. The zero-order valence-corrected chi connectivity index (χ0v) is 14.8. The fourth-order valence-corrected chi connectivity index (χ4v) is 3.31. The van der Waals surface area contributed by atoms with Crippen LogP contribution in [0.3, 0.4) is 0 Å². The van der Waals surface area contributed by atoms with E-state index in [0.29, 0.717) is 12.3 Å². The fourth-order valence-electron chi connectivity index (χ4n) is 3.31. The number of carbonyl (C=O) groups excluding carboxylic acids is 1. The molecule has 140 valence electrons. The summed E-state index contributed by atoms with van der Waals surface area (Å²) in [5.74, 6) is -0.495. The van der Waals surface area contributed by atoms with E-state index in [9.17, 15) is 9.18 Å². The van der Waals surface area contributed by atoms with E-state index in [2.05, 4.69) is 15.3 Å². The number of nitrogens with one attached hydrogen (secondary N) is 1. The molecule has 2 aromatic rings. The molecule has 2 heterocycles. The average molecular weight is 368 g/mol. The van der Waals surface area contributed by atoms with Crippen molar-refractivity contribution < 1.29 is 13.9 Å². The molecule has 3 N–H and O–H groups in total. The van der Waals surface area contributed by atoms with Gasteiger partial charge in [0.2, 0.25) is 5.91 Å². The van der Waals surface area contributed by atoms with Gasteiger partial charge in [-0.15, -0.1) is 0 Å². The van der Waals surface area contributed by atoms with Gasteiger partial charge in [-0.3, -0.25) is 9.78 Å². The van der Waals surface area contributed by atoms with Gasteiger partial charge in [-0.2, -0.15) is 0 Å². The maximum atomic E-state index is 13.1. The first kappa shape index (κ1) is 17.5. The van der Waals surface area contributed by atoms with Crippen molar-refractivity contribution in [2.45, 2.75) is 37.1 Å². The van der Waals surface area contributed by atoms with E-state index in [1.165, 1.54) is 6.07 Å². The summed E-state index contributed by atoms with van der Waals surface area (Å²) < 4.78 is 18.2. The van der Waals surface area contributed by atoms with Gasteiger partial charge in [-0.25, -0.2) is 9.38 Å². The monoisotopic (exact) mass is 368 g/mol. The Morgan fingerprint density at radius 3 is 2.63 bits per heavy atom. The van der Waals surface area contributed by atoms with Gasteiger partial charge >= 0.3 is 0 Å². The maximum absolute atomic E-state index is 13.1. The molecule has 1 aliphatic heterocycles. The molecule has 1 amide bonds. The van der Waals surface area contributed by atoms with Crippen LogP contribution in [0.2, 0.25) is 0 Å². The number of anilines is 1. The third-order valence-corrected chi connectivity index (χ3v) is 5.11. The van der Waals surface area contributed by atoms with Crippen molar-refractivity contribution >= 4 is 17.6 Å². The van der Waals surface area contributed by atoms with Gasteiger partial charge in [-0.05, 0) is 55.5 Å². The van der Waals surface area contributed by atoms with Gasteiger partial charge in [0.15, 0.2) is 0 Å². The Hall–Kier alpha value is -2.96. The van der Waals surface area contributed by atoms with Crippen LogP contribution in [0.25, 0.3) is 0 Å². The van der Waals surface area contributed by atoms with Crippen LogP contribution in [-0.2, 0) is 21.4 Å². The predicted molar refractivity (Wildman–Crippen MR) is 99.9 cm³/mol. The first-order valence-corrected chi connectivity index (χ1v) is 9.04. The Kier molecular flexibility index (Phi) is 4.51. The van der Waals surface area contributed by atoms with Crippen LogP contribution in [-0.4, -0.2) is 29.6 Å². The van der Waals surface area contributed by atoms with Crippen molar-refractivity contribution in [1.82, 2.24) is 4.98 Å². The number of nitrogens with two attached hydrogens (primary N) is 1. The second-order valence-corrected chi connectivity index (χ2v) is 7.07. The Morgan fingerprint density at radius 1 is 1.26 bits per heavy atom. The van der Waals surface area contributed by atoms with E-state index < -0.39 is 11.2 Å². The summed E-state index contributed by atoms with van der Waals surface area (Å²) in [7, 11) is 0. The van der Waals surface area contributed by atoms with E-state index in [0.717, 1.165) is 43.1 Å². The number of rotatable bonds is 6. The molecular formula is C20H21FN4O2. The molecule has 0 spiro atoms. The van der Waals surface area contributed by atoms with Crippen molar-refractivity contribution in [3.05, 3.63) is 59.7 Å². The van der Waals surface area contributed by atoms with E-state index in [1.807, 2.05) is 24.3 Å². The molecule has 27 heavy (non-hydrogen) atoms. The SMILES string of the molecule is NC1=N[C@@H](CCc2ccc(NC(=O)C3(c4ccc(F)cn4)CC3)cc2)CO1. The zero-order chi connectivity index (χ0) is 18.9. The molecule has 1 aromatic carbocycles. The lowest BCUT2D eigenvalue weighted by atomic mass is 10.00. The predicted octanol–water partition coefficient (Wildman–Crippen LogP) is 2.54. The standard InChI is InChI=1S/C20H21FN4O2/c21-14-4-8-17(23-11-14)20(9-10-20)18(26)24-15-5-1-13(2-6-15)3-7-16-12-27-19(22)25-16/h1-2,4-6,8,11,16H,3,7,9-10,12H2,(H2,22,25)(H,24,26)/t16-/m0/s1. The second-order valence-electron chi connectivity index (χ2n) is 7.07. The number of aryl methyl sites for hydroxylation is 1. The lowest BCUT2D eigenvalue weighted by Gasteiger charge is -2.15. The number of aliphatic imine (C=N–C) groups is 1. The van der Waals surface area contributed by atoms with Crippen LogP contribution in [0, 0.1) is 5.82 Å². The van der Waals surface area contributed by atoms with Gasteiger partial charge in [0.1, 0.15) is 12.4 Å². The summed E-state index contributed by atoms with van der Waals surface area (Å²) in [6.45, 7) is 0.541. The molecule has 0 saturated heterocycles. The van der Waals surface area contributed by atoms with Crippen molar-refractivity contribution in [2.75, 3.05) is 11.9 Å². The molecule has 1 saturated carbocycles. The minimum absolute atomic E-state index is 0.0951. The summed E-state index contributed by atoms with van der Waals surface area (Å²) in [6.07, 6.45) is 4.34. The molecule has 2 aliphatic rings. The molecule has 4 rings (SSSR count). The van der Waals surface area contributed by atoms with Gasteiger partial charge in [0, 0.05) is 5.69 Å². The molecule has 7 heteroatoms. The lowest BCUT2D eigenvalue weighted by Crippen LogP contribution is -2.28. The number of pyridine rings is 1. The minimum atomic E-state index is -0.632. The highest BCUT2D eigenvalue weighted by atomic mass is 19.1. The number of nitrogens with zero attached hydrogens (tertiary/aromatic N) is 2. The average Bonchev–Trinajstić information content (AvgIpc) is 3.38. The van der Waals surface area contributed by atoms with E-state index in [1.54, 1.807) is 6.07 Å². The number of hydrogen-bond donors (Lipinski definition) is 2. The highest BCUT2D eigenvalue weighted by Crippen LogP contribution is 2.48. The highest BCUT2D eigenvalue weighted by Gasteiger charge is 2.52. The van der Waals surface area contributed by atoms with Crippen molar-refractivity contribution in [3.63, 3.8) is 0 Å². The summed E-state index contributed by atoms with van der Waals surface area (Å²) >= 11 is 0. The van der Waals surface area contributed by atoms with Gasteiger partial charge < -0.3 is 15.8 Å². The maximum Gasteiger partial charge on any atom is 0.282 e. The fraction of sp³-hybridized carbons (Fsp3) is 0.350. The Morgan fingerprint density at radius 2 is 2.04 bits per heavy atom. The van der Waals surface area contributed by atoms with Crippen LogP contribution in [0.15, 0.2) is 47.6 Å². The second kappa shape index (κ2) is 6.98. The third-order valence-electron chi connectivity index (χ3n) is 5.11. The number of aromatic nitrogens is 1. The first-order chi connectivity index (χ1) is 13.0. The van der Waals surface area contributed by atoms with E-state index in [4.69, 9.17) is 10.5 Å². The van der Waals surface area contributed by atoms with Crippen LogP contribution in [0.5, 0.6) is 0 Å². The molecule has 0 radical (unpaired) electrons. The van der Waals surface area contributed by atoms with Crippen molar-refractivity contribution in [2.24, 2.45) is 10.7 Å². The van der Waals surface area contributed by atoms with Crippen LogP contribution in [0.1, 0.15) is 30.5 Å². The Bertz CT molecular complexity index is 861. The Balaban J connectivity index is 1.35. The first-order valence-electron chi connectivity index (χ1n) is 9.04. The third kappa shape index (κ3) is 3.77. The summed E-state index contributed by atoms with van der Waals surface area (Å²) in [4.78, 5) is 21.0. The largest absolute Gasteiger partial charge is 0.463 e. The number of carbonyl (C=O) groups is 1. The zero-order valence-electron chi connectivity index (χ0n) is 14.8. The van der Waals surface area contributed by atoms with E-state index >= 15 is 0 Å². The van der Waals surface area contributed by atoms with Crippen molar-refractivity contribution in [1.29, 1.82) is 0 Å². The normalized spacial score (nSPS) is 19.9. The lowest BCUT2D eigenvalue weighted by molar-refractivity contribution is -0.118. The summed E-state index contributed by atoms with van der Waals surface area (Å²) in [6, 6.07) is 11.1. The van der Waals surface area contributed by atoms with Crippen molar-refractivity contribution in [3.8, 4) is 0 Å². The molecule has 0 unspecified atom stereocenters. The Labute approximate surface area is 156 Å². The molecule has 1 fully saturated rings. The number of amides is 1. The molecule has 1 aliphatic carbocycles.